The number of esters is 3. The van der Waals surface area contributed by atoms with E-state index in [1.54, 1.807) is 33.8 Å². The van der Waals surface area contributed by atoms with Gasteiger partial charge >= 0.3 is 17.9 Å². The molecule has 0 aliphatic carbocycles. The van der Waals surface area contributed by atoms with Gasteiger partial charge in [0.25, 0.3) is 0 Å². The molecule has 0 saturated carbocycles. The van der Waals surface area contributed by atoms with Crippen molar-refractivity contribution in [2.24, 2.45) is 0 Å². The van der Waals surface area contributed by atoms with Crippen LogP contribution in [0, 0.1) is 0 Å². The van der Waals surface area contributed by atoms with Gasteiger partial charge in [-0.25, -0.2) is 4.79 Å². The summed E-state index contributed by atoms with van der Waals surface area (Å²) in [5.41, 5.74) is 1.02. The van der Waals surface area contributed by atoms with Crippen LogP contribution in [-0.2, 0) is 30.3 Å². The first-order chi connectivity index (χ1) is 13.1. The van der Waals surface area contributed by atoms with E-state index >= 15 is 0 Å². The second-order valence-corrected chi connectivity index (χ2v) is 7.75. The van der Waals surface area contributed by atoms with E-state index in [9.17, 15) is 14.4 Å². The lowest BCUT2D eigenvalue weighted by molar-refractivity contribution is -0.187. The molecule has 0 saturated heterocycles. The maximum atomic E-state index is 12.4. The van der Waals surface area contributed by atoms with Gasteiger partial charge in [-0.3, -0.25) is 9.59 Å². The third kappa shape index (κ3) is 3.88. The normalized spacial score (nSPS) is 22.0. The van der Waals surface area contributed by atoms with Crippen LogP contribution in [0.5, 0.6) is 11.5 Å². The summed E-state index contributed by atoms with van der Waals surface area (Å²) in [5.74, 6) is -0.738. The molecule has 1 aromatic carbocycles. The van der Waals surface area contributed by atoms with E-state index in [1.165, 1.54) is 13.0 Å². The zero-order chi connectivity index (χ0) is 20.6. The van der Waals surface area contributed by atoms with Crippen LogP contribution in [0.15, 0.2) is 23.8 Å². The van der Waals surface area contributed by atoms with Crippen molar-refractivity contribution in [2.45, 2.75) is 65.3 Å². The summed E-state index contributed by atoms with van der Waals surface area (Å²) < 4.78 is 22.7. The molecule has 0 unspecified atom stereocenters. The molecule has 3 rings (SSSR count). The molecular formula is C21H24O7. The van der Waals surface area contributed by atoms with Crippen LogP contribution in [0.1, 0.15) is 58.3 Å². The molecule has 0 spiro atoms. The molecule has 0 radical (unpaired) electrons. The monoisotopic (exact) mass is 388 g/mol. The van der Waals surface area contributed by atoms with Crippen molar-refractivity contribution in [3.05, 3.63) is 34.9 Å². The number of rotatable bonds is 3. The van der Waals surface area contributed by atoms with Gasteiger partial charge in [-0.05, 0) is 45.7 Å². The molecule has 0 amide bonds. The van der Waals surface area contributed by atoms with Crippen LogP contribution in [-0.4, -0.2) is 29.6 Å². The van der Waals surface area contributed by atoms with E-state index in [4.69, 9.17) is 18.9 Å². The first-order valence-electron chi connectivity index (χ1n) is 9.16. The number of carbonyl (C=O) groups is 3. The van der Waals surface area contributed by atoms with Crippen LogP contribution in [0.3, 0.4) is 0 Å². The number of hydrogen-bond donors (Lipinski definition) is 0. The van der Waals surface area contributed by atoms with Crippen molar-refractivity contribution in [2.75, 3.05) is 0 Å². The minimum atomic E-state index is -0.980. The summed E-state index contributed by atoms with van der Waals surface area (Å²) in [6, 6.07) is 3.60. The minimum Gasteiger partial charge on any atom is -0.483 e. The van der Waals surface area contributed by atoms with E-state index in [0.717, 1.165) is 11.1 Å². The number of aryl methyl sites for hydroxylation is 1. The lowest BCUT2D eigenvalue weighted by Crippen LogP contribution is -2.52. The third-order valence-corrected chi connectivity index (χ3v) is 4.61. The summed E-state index contributed by atoms with van der Waals surface area (Å²) in [7, 11) is 0. The quantitative estimate of drug-likeness (QED) is 0.446. The summed E-state index contributed by atoms with van der Waals surface area (Å²) >= 11 is 0. The molecule has 2 heterocycles. The molecular weight excluding hydrogens is 364 g/mol. The standard InChI is InChI=1S/C21H24O7/c1-11(2)10-16(24)27-19-17-14(28-21(4,5)20(19)25-12(3)22)8-6-13-7-9-15(23)26-18(13)17/h6,8,10,19-20H,7,9H2,1-5H3/t19-,20-/m1/s1. The predicted molar refractivity (Wildman–Crippen MR) is 98.9 cm³/mol. The Labute approximate surface area is 163 Å². The van der Waals surface area contributed by atoms with E-state index in [2.05, 4.69) is 0 Å². The average Bonchev–Trinajstić information content (AvgIpc) is 2.56. The number of fused-ring (bicyclic) bond motifs is 3. The van der Waals surface area contributed by atoms with Crippen molar-refractivity contribution < 1.29 is 33.3 Å². The highest BCUT2D eigenvalue weighted by molar-refractivity contribution is 5.83. The van der Waals surface area contributed by atoms with Gasteiger partial charge in [0.05, 0.1) is 12.0 Å². The molecule has 7 nitrogen and oxygen atoms in total. The fourth-order valence-electron chi connectivity index (χ4n) is 3.46. The summed E-state index contributed by atoms with van der Waals surface area (Å²) in [4.78, 5) is 36.1. The largest absolute Gasteiger partial charge is 0.483 e. The molecule has 2 aliphatic rings. The fourth-order valence-corrected chi connectivity index (χ4v) is 3.46. The van der Waals surface area contributed by atoms with Gasteiger partial charge in [-0.2, -0.15) is 0 Å². The Balaban J connectivity index is 2.15. The second kappa shape index (κ2) is 7.30. The smallest absolute Gasteiger partial charge is 0.331 e. The summed E-state index contributed by atoms with van der Waals surface area (Å²) in [6.45, 7) is 8.32. The van der Waals surface area contributed by atoms with Gasteiger partial charge in [-0.1, -0.05) is 11.6 Å². The molecule has 150 valence electrons. The Morgan fingerprint density at radius 2 is 1.86 bits per heavy atom. The Bertz CT molecular complexity index is 862. The van der Waals surface area contributed by atoms with Gasteiger partial charge in [0.2, 0.25) is 0 Å². The van der Waals surface area contributed by atoms with Crippen molar-refractivity contribution >= 4 is 17.9 Å². The SMILES string of the molecule is CC(=O)O[C@@H]1[C@H](OC(=O)C=C(C)C)c2c(ccc3c2OC(=O)CC3)OC1(C)C. The van der Waals surface area contributed by atoms with Crippen LogP contribution in [0.2, 0.25) is 0 Å². The van der Waals surface area contributed by atoms with Crippen molar-refractivity contribution in [1.82, 2.24) is 0 Å². The lowest BCUT2D eigenvalue weighted by atomic mass is 9.85. The minimum absolute atomic E-state index is 0.272. The zero-order valence-electron chi connectivity index (χ0n) is 16.7. The van der Waals surface area contributed by atoms with E-state index in [0.29, 0.717) is 23.5 Å². The van der Waals surface area contributed by atoms with Crippen LogP contribution >= 0.6 is 0 Å². The second-order valence-electron chi connectivity index (χ2n) is 7.75. The van der Waals surface area contributed by atoms with Gasteiger partial charge < -0.3 is 18.9 Å². The highest BCUT2D eigenvalue weighted by Gasteiger charge is 2.50. The first-order valence-corrected chi connectivity index (χ1v) is 9.16. The zero-order valence-corrected chi connectivity index (χ0v) is 16.7. The van der Waals surface area contributed by atoms with Gasteiger partial charge in [0.15, 0.2) is 12.2 Å². The van der Waals surface area contributed by atoms with Crippen LogP contribution < -0.4 is 9.47 Å². The van der Waals surface area contributed by atoms with E-state index in [1.807, 2.05) is 6.07 Å². The molecule has 0 bridgehead atoms. The number of carbonyl (C=O) groups excluding carboxylic acids is 3. The number of allylic oxidation sites excluding steroid dienone is 1. The van der Waals surface area contributed by atoms with Crippen molar-refractivity contribution in [1.29, 1.82) is 0 Å². The maximum absolute atomic E-state index is 12.4. The predicted octanol–water partition coefficient (Wildman–Crippen LogP) is 3.19. The van der Waals surface area contributed by atoms with Gasteiger partial charge in [-0.15, -0.1) is 0 Å². The highest BCUT2D eigenvalue weighted by Crippen LogP contribution is 2.49. The molecule has 2 atom stereocenters. The highest BCUT2D eigenvalue weighted by atomic mass is 16.6. The Hall–Kier alpha value is -2.83. The molecule has 1 aromatic rings. The Kier molecular flexibility index (Phi) is 5.19. The van der Waals surface area contributed by atoms with Crippen LogP contribution in [0.4, 0.5) is 0 Å². The molecule has 28 heavy (non-hydrogen) atoms. The summed E-state index contributed by atoms with van der Waals surface area (Å²) in [6.07, 6.45) is 0.241. The molecule has 7 heteroatoms. The Morgan fingerprint density at radius 3 is 2.50 bits per heavy atom. The van der Waals surface area contributed by atoms with Crippen LogP contribution in [0.25, 0.3) is 0 Å². The Morgan fingerprint density at radius 1 is 1.14 bits per heavy atom. The molecule has 0 fully saturated rings. The average molecular weight is 388 g/mol. The topological polar surface area (TPSA) is 88.1 Å². The lowest BCUT2D eigenvalue weighted by Gasteiger charge is -2.43. The van der Waals surface area contributed by atoms with Crippen molar-refractivity contribution in [3.8, 4) is 11.5 Å². The fraction of sp³-hybridized carbons (Fsp3) is 0.476. The van der Waals surface area contributed by atoms with Gasteiger partial charge in [0, 0.05) is 13.0 Å². The number of ether oxygens (including phenoxy) is 4. The number of benzene rings is 1. The molecule has 0 N–H and O–H groups in total. The van der Waals surface area contributed by atoms with Crippen molar-refractivity contribution in [3.63, 3.8) is 0 Å². The maximum Gasteiger partial charge on any atom is 0.331 e. The van der Waals surface area contributed by atoms with E-state index < -0.39 is 29.7 Å². The molecule has 0 aromatic heterocycles. The third-order valence-electron chi connectivity index (χ3n) is 4.61. The molecule has 2 aliphatic heterocycles. The van der Waals surface area contributed by atoms with E-state index in [-0.39, 0.29) is 12.4 Å². The number of hydrogen-bond acceptors (Lipinski definition) is 7. The van der Waals surface area contributed by atoms with Gasteiger partial charge in [0.1, 0.15) is 17.1 Å². The summed E-state index contributed by atoms with van der Waals surface area (Å²) in [5, 5.41) is 0. The first kappa shape index (κ1) is 19.9.